The molecule has 13 heteroatoms. The smallest absolute Gasteiger partial charge is 0.337 e. The van der Waals surface area contributed by atoms with Crippen molar-refractivity contribution in [3.05, 3.63) is 104 Å². The lowest BCUT2D eigenvalue weighted by molar-refractivity contribution is 0.509. The van der Waals surface area contributed by atoms with Crippen LogP contribution in [0.2, 0.25) is 10.2 Å². The Labute approximate surface area is 234 Å². The molecular weight excluding hydrogens is 563 g/mol. The second-order valence-electron chi connectivity index (χ2n) is 8.48. The van der Waals surface area contributed by atoms with Gasteiger partial charge in [0, 0.05) is 40.9 Å². The molecule has 0 fully saturated rings. The summed E-state index contributed by atoms with van der Waals surface area (Å²) in [6.07, 6.45) is 9.78. The van der Waals surface area contributed by atoms with E-state index in [1.165, 1.54) is 18.5 Å². The average Bonchev–Trinajstić information content (AvgIpc) is 2.93. The van der Waals surface area contributed by atoms with E-state index in [0.717, 1.165) is 26.3 Å². The van der Waals surface area contributed by atoms with Crippen LogP contribution < -0.4 is 27.8 Å². The normalized spacial score (nSPS) is 11.0. The molecule has 3 aromatic heterocycles. The summed E-state index contributed by atoms with van der Waals surface area (Å²) < 4.78 is 30.1. The highest BCUT2D eigenvalue weighted by Crippen LogP contribution is 2.35. The number of hydrogen-bond acceptors (Lipinski definition) is 7. The zero-order chi connectivity index (χ0) is 28.7. The van der Waals surface area contributed by atoms with E-state index in [1.807, 2.05) is 0 Å². The van der Waals surface area contributed by atoms with Gasteiger partial charge in [-0.05, 0) is 6.07 Å². The van der Waals surface area contributed by atoms with Crippen molar-refractivity contribution in [1.29, 1.82) is 0 Å². The summed E-state index contributed by atoms with van der Waals surface area (Å²) in [7, 11) is 0. The first-order valence-electron chi connectivity index (χ1n) is 11.4. The molecule has 0 aliphatic heterocycles. The number of halogens is 4. The van der Waals surface area contributed by atoms with Gasteiger partial charge in [0.15, 0.2) is 11.6 Å². The van der Waals surface area contributed by atoms with Crippen molar-refractivity contribution in [1.82, 2.24) is 19.1 Å². The lowest BCUT2D eigenvalue weighted by Crippen LogP contribution is -2.44. The molecule has 0 aliphatic rings. The fourth-order valence-corrected chi connectivity index (χ4v) is 4.58. The number of rotatable bonds is 5. The van der Waals surface area contributed by atoms with Gasteiger partial charge in [0.2, 0.25) is 0 Å². The number of benzene rings is 2. The number of terminal acetylenes is 1. The van der Waals surface area contributed by atoms with E-state index in [1.54, 1.807) is 30.5 Å². The summed E-state index contributed by atoms with van der Waals surface area (Å²) in [6, 6.07) is 9.75. The van der Waals surface area contributed by atoms with Crippen LogP contribution in [-0.2, 0) is 6.54 Å². The van der Waals surface area contributed by atoms with Gasteiger partial charge in [0.1, 0.15) is 10.8 Å². The molecule has 2 aromatic carbocycles. The standard InChI is InChI=1S/C27H17Cl2F2N7O2/c1-2-7-36-23(15-8-17(28)25(29)35-12-15)24(38(33)21-10-19(31)18(30)9-20(21)32)26(39)37(27(36)40)22-13-34-11-14-5-3-4-6-16(14)22/h1,3-6,8-13H,7,32-33H2. The van der Waals surface area contributed by atoms with E-state index in [-0.39, 0.29) is 50.7 Å². The van der Waals surface area contributed by atoms with Gasteiger partial charge in [-0.15, -0.1) is 6.42 Å². The topological polar surface area (TPSA) is 125 Å². The molecule has 0 saturated carbocycles. The molecule has 0 bridgehead atoms. The largest absolute Gasteiger partial charge is 0.397 e. The first-order valence-corrected chi connectivity index (χ1v) is 12.2. The van der Waals surface area contributed by atoms with Crippen LogP contribution in [0.15, 0.2) is 70.6 Å². The second kappa shape index (κ2) is 10.4. The molecule has 0 spiro atoms. The maximum atomic E-state index is 14.3. The highest BCUT2D eigenvalue weighted by Gasteiger charge is 2.28. The summed E-state index contributed by atoms with van der Waals surface area (Å²) in [4.78, 5) is 36.4. The van der Waals surface area contributed by atoms with Crippen molar-refractivity contribution >= 4 is 51.0 Å². The number of pyridine rings is 2. The molecule has 0 aliphatic carbocycles. The first kappa shape index (κ1) is 26.8. The maximum absolute atomic E-state index is 14.3. The number of aromatic nitrogens is 4. The van der Waals surface area contributed by atoms with Gasteiger partial charge in [0.05, 0.1) is 40.5 Å². The Morgan fingerprint density at radius 3 is 2.50 bits per heavy atom. The zero-order valence-electron chi connectivity index (χ0n) is 20.3. The lowest BCUT2D eigenvalue weighted by atomic mass is 10.1. The SMILES string of the molecule is C#CCn1c(-c2cnc(Cl)c(Cl)c2)c(N(N)c2cc(F)c(F)cc2N)c(=O)n(-c2cncc3ccccc23)c1=O. The van der Waals surface area contributed by atoms with Crippen LogP contribution >= 0.6 is 23.2 Å². The Bertz CT molecular complexity index is 1980. The fourth-order valence-electron chi connectivity index (χ4n) is 4.31. The second-order valence-corrected chi connectivity index (χ2v) is 9.25. The van der Waals surface area contributed by atoms with Gasteiger partial charge < -0.3 is 5.73 Å². The highest BCUT2D eigenvalue weighted by molar-refractivity contribution is 6.41. The number of fused-ring (bicyclic) bond motifs is 1. The highest BCUT2D eigenvalue weighted by atomic mass is 35.5. The van der Waals surface area contributed by atoms with Gasteiger partial charge in [-0.1, -0.05) is 53.4 Å². The minimum absolute atomic E-state index is 0.00293. The Kier molecular flexibility index (Phi) is 6.99. The Balaban J connectivity index is 1.96. The van der Waals surface area contributed by atoms with Crippen molar-refractivity contribution in [3.63, 3.8) is 0 Å². The molecule has 9 nitrogen and oxygen atoms in total. The maximum Gasteiger partial charge on any atom is 0.337 e. The molecule has 5 rings (SSSR count). The molecule has 0 saturated heterocycles. The quantitative estimate of drug-likeness (QED) is 0.104. The lowest BCUT2D eigenvalue weighted by Gasteiger charge is -2.26. The molecule has 200 valence electrons. The summed E-state index contributed by atoms with van der Waals surface area (Å²) in [5.41, 5.74) is 3.41. The summed E-state index contributed by atoms with van der Waals surface area (Å²) >= 11 is 12.2. The van der Waals surface area contributed by atoms with E-state index >= 15 is 0 Å². The van der Waals surface area contributed by atoms with Gasteiger partial charge in [-0.25, -0.2) is 29.0 Å². The third-order valence-electron chi connectivity index (χ3n) is 6.10. The van der Waals surface area contributed by atoms with Gasteiger partial charge in [-0.3, -0.25) is 19.4 Å². The molecule has 0 radical (unpaired) electrons. The summed E-state index contributed by atoms with van der Waals surface area (Å²) in [6.45, 7) is -0.332. The van der Waals surface area contributed by atoms with E-state index in [9.17, 15) is 18.4 Å². The Hall–Kier alpha value is -4.76. The minimum atomic E-state index is -1.27. The van der Waals surface area contributed by atoms with Crippen molar-refractivity contribution < 1.29 is 8.78 Å². The number of hydrogen-bond donors (Lipinski definition) is 2. The van der Waals surface area contributed by atoms with Crippen LogP contribution in [0, 0.1) is 24.0 Å². The molecule has 0 amide bonds. The van der Waals surface area contributed by atoms with Crippen molar-refractivity contribution in [3.8, 4) is 29.3 Å². The molecule has 0 atom stereocenters. The Morgan fingerprint density at radius 2 is 1.77 bits per heavy atom. The molecule has 4 N–H and O–H groups in total. The zero-order valence-corrected chi connectivity index (χ0v) is 21.8. The first-order chi connectivity index (χ1) is 19.1. The van der Waals surface area contributed by atoms with Crippen LogP contribution in [-0.4, -0.2) is 19.1 Å². The van der Waals surface area contributed by atoms with E-state index in [2.05, 4.69) is 15.9 Å². The number of anilines is 3. The number of nitrogens with zero attached hydrogens (tertiary/aromatic N) is 5. The molecule has 3 heterocycles. The predicted molar refractivity (Wildman–Crippen MR) is 151 cm³/mol. The van der Waals surface area contributed by atoms with Crippen LogP contribution in [0.4, 0.5) is 25.8 Å². The van der Waals surface area contributed by atoms with Crippen LogP contribution in [0.5, 0.6) is 0 Å². The number of hydrazine groups is 1. The predicted octanol–water partition coefficient (Wildman–Crippen LogP) is 4.42. The van der Waals surface area contributed by atoms with Crippen LogP contribution in [0.3, 0.4) is 0 Å². The van der Waals surface area contributed by atoms with E-state index in [4.69, 9.17) is 41.2 Å². The van der Waals surface area contributed by atoms with Crippen LogP contribution in [0.1, 0.15) is 0 Å². The van der Waals surface area contributed by atoms with Crippen LogP contribution in [0.25, 0.3) is 27.7 Å². The molecule has 40 heavy (non-hydrogen) atoms. The fraction of sp³-hybridized carbons (Fsp3) is 0.0370. The van der Waals surface area contributed by atoms with Crippen molar-refractivity contribution in [2.75, 3.05) is 10.7 Å². The van der Waals surface area contributed by atoms with Crippen molar-refractivity contribution in [2.45, 2.75) is 6.54 Å². The molecular formula is C27H17Cl2F2N7O2. The molecule has 5 aromatic rings. The third-order valence-corrected chi connectivity index (χ3v) is 6.79. The van der Waals surface area contributed by atoms with Gasteiger partial charge in [0.25, 0.3) is 5.56 Å². The number of nitrogens with two attached hydrogens (primary N) is 2. The number of nitrogen functional groups attached to an aromatic ring is 1. The monoisotopic (exact) mass is 579 g/mol. The molecule has 0 unspecified atom stereocenters. The van der Waals surface area contributed by atoms with Crippen molar-refractivity contribution in [2.24, 2.45) is 5.84 Å². The van der Waals surface area contributed by atoms with Gasteiger partial charge >= 0.3 is 5.69 Å². The van der Waals surface area contributed by atoms with E-state index < -0.39 is 22.9 Å². The minimum Gasteiger partial charge on any atom is -0.397 e. The summed E-state index contributed by atoms with van der Waals surface area (Å²) in [5.74, 6) is 6.30. The van der Waals surface area contributed by atoms with E-state index in [0.29, 0.717) is 10.8 Å². The summed E-state index contributed by atoms with van der Waals surface area (Å²) in [5, 5.41) is 1.88. The Morgan fingerprint density at radius 1 is 1.05 bits per heavy atom. The third kappa shape index (κ3) is 4.44. The van der Waals surface area contributed by atoms with Gasteiger partial charge in [-0.2, -0.15) is 0 Å². The average molecular weight is 580 g/mol.